The van der Waals surface area contributed by atoms with Crippen LogP contribution in [0.5, 0.6) is 0 Å². The minimum absolute atomic E-state index is 0.0897. The first-order chi connectivity index (χ1) is 7.18. The van der Waals surface area contributed by atoms with Crippen LogP contribution in [0.25, 0.3) is 5.69 Å². The molecule has 4 nitrogen and oxygen atoms in total. The molecule has 0 bridgehead atoms. The molecule has 0 N–H and O–H groups in total. The van der Waals surface area contributed by atoms with E-state index in [9.17, 15) is 4.79 Å². The van der Waals surface area contributed by atoms with Crippen molar-refractivity contribution in [2.45, 2.75) is 13.8 Å². The van der Waals surface area contributed by atoms with E-state index in [1.165, 1.54) is 18.8 Å². The van der Waals surface area contributed by atoms with Crippen LogP contribution in [-0.2, 0) is 0 Å². The summed E-state index contributed by atoms with van der Waals surface area (Å²) in [5.41, 5.74) is 2.02. The number of rotatable bonds is 2. The summed E-state index contributed by atoms with van der Waals surface area (Å²) in [5.74, 6) is 0.270. The van der Waals surface area contributed by atoms with Crippen LogP contribution < -0.4 is 0 Å². The zero-order valence-electron chi connectivity index (χ0n) is 8.64. The SMILES string of the molecule is CC(=O)c1ncnn1-c1ccc(C)cc1. The number of nitrogens with zero attached hydrogens (tertiary/aromatic N) is 3. The average molecular weight is 201 g/mol. The predicted octanol–water partition coefficient (Wildman–Crippen LogP) is 1.78. The molecule has 1 aromatic heterocycles. The van der Waals surface area contributed by atoms with E-state index >= 15 is 0 Å². The molecular formula is C11H11N3O. The van der Waals surface area contributed by atoms with Crippen LogP contribution in [0.3, 0.4) is 0 Å². The molecule has 0 aliphatic heterocycles. The predicted molar refractivity (Wildman–Crippen MR) is 56.1 cm³/mol. The summed E-state index contributed by atoms with van der Waals surface area (Å²) in [5, 5.41) is 4.02. The second-order valence-corrected chi connectivity index (χ2v) is 3.39. The molecule has 0 radical (unpaired) electrons. The van der Waals surface area contributed by atoms with Crippen LogP contribution in [0, 0.1) is 6.92 Å². The molecule has 0 spiro atoms. The molecule has 0 unspecified atom stereocenters. The van der Waals surface area contributed by atoms with Crippen molar-refractivity contribution in [3.05, 3.63) is 42.0 Å². The molecule has 0 fully saturated rings. The minimum Gasteiger partial charge on any atom is -0.291 e. The summed E-state index contributed by atoms with van der Waals surface area (Å²) in [6.07, 6.45) is 1.39. The molecule has 0 amide bonds. The van der Waals surface area contributed by atoms with Crippen molar-refractivity contribution < 1.29 is 4.79 Å². The lowest BCUT2D eigenvalue weighted by Gasteiger charge is -2.03. The van der Waals surface area contributed by atoms with E-state index in [1.54, 1.807) is 4.68 Å². The zero-order valence-corrected chi connectivity index (χ0v) is 8.64. The molecule has 15 heavy (non-hydrogen) atoms. The summed E-state index contributed by atoms with van der Waals surface area (Å²) < 4.78 is 1.54. The monoisotopic (exact) mass is 201 g/mol. The first kappa shape index (κ1) is 9.58. The van der Waals surface area contributed by atoms with Crippen LogP contribution >= 0.6 is 0 Å². The van der Waals surface area contributed by atoms with Crippen LogP contribution in [0.15, 0.2) is 30.6 Å². The highest BCUT2D eigenvalue weighted by Gasteiger charge is 2.09. The van der Waals surface area contributed by atoms with Gasteiger partial charge in [-0.05, 0) is 19.1 Å². The zero-order chi connectivity index (χ0) is 10.8. The van der Waals surface area contributed by atoms with Gasteiger partial charge in [0.1, 0.15) is 6.33 Å². The van der Waals surface area contributed by atoms with E-state index in [1.807, 2.05) is 31.2 Å². The number of hydrogen-bond donors (Lipinski definition) is 0. The molecule has 2 aromatic rings. The van der Waals surface area contributed by atoms with E-state index in [2.05, 4.69) is 10.1 Å². The van der Waals surface area contributed by atoms with Crippen molar-refractivity contribution >= 4 is 5.78 Å². The van der Waals surface area contributed by atoms with Crippen molar-refractivity contribution in [1.82, 2.24) is 14.8 Å². The fourth-order valence-corrected chi connectivity index (χ4v) is 1.36. The van der Waals surface area contributed by atoms with Gasteiger partial charge in [0.25, 0.3) is 0 Å². The van der Waals surface area contributed by atoms with Gasteiger partial charge in [0.05, 0.1) is 5.69 Å². The Morgan fingerprint density at radius 2 is 1.93 bits per heavy atom. The van der Waals surface area contributed by atoms with Gasteiger partial charge in [-0.25, -0.2) is 9.67 Å². The lowest BCUT2D eigenvalue weighted by Crippen LogP contribution is -2.07. The lowest BCUT2D eigenvalue weighted by atomic mass is 10.2. The first-order valence-electron chi connectivity index (χ1n) is 4.66. The van der Waals surface area contributed by atoms with E-state index in [4.69, 9.17) is 0 Å². The van der Waals surface area contributed by atoms with Gasteiger partial charge in [-0.2, -0.15) is 5.10 Å². The molecule has 1 heterocycles. The van der Waals surface area contributed by atoms with Gasteiger partial charge in [-0.1, -0.05) is 17.7 Å². The molecule has 0 atom stereocenters. The maximum Gasteiger partial charge on any atom is 0.199 e. The quantitative estimate of drug-likeness (QED) is 0.696. The van der Waals surface area contributed by atoms with Gasteiger partial charge in [-0.15, -0.1) is 0 Å². The Labute approximate surface area is 87.6 Å². The van der Waals surface area contributed by atoms with E-state index < -0.39 is 0 Å². The fraction of sp³-hybridized carbons (Fsp3) is 0.182. The molecule has 76 valence electrons. The first-order valence-corrected chi connectivity index (χ1v) is 4.66. The summed E-state index contributed by atoms with van der Waals surface area (Å²) in [6, 6.07) is 7.77. The van der Waals surface area contributed by atoms with Gasteiger partial charge in [0, 0.05) is 6.92 Å². The molecule has 2 rings (SSSR count). The number of Topliss-reactive ketones (excluding diaryl/α,β-unsaturated/α-hetero) is 1. The molecule has 0 aliphatic carbocycles. The van der Waals surface area contributed by atoms with Gasteiger partial charge >= 0.3 is 0 Å². The highest BCUT2D eigenvalue weighted by molar-refractivity contribution is 5.90. The van der Waals surface area contributed by atoms with Crippen LogP contribution in [0.4, 0.5) is 0 Å². The Morgan fingerprint density at radius 3 is 2.53 bits per heavy atom. The standard InChI is InChI=1S/C11H11N3O/c1-8-3-5-10(6-4-8)14-11(9(2)15)12-7-13-14/h3-7H,1-2H3. The van der Waals surface area contributed by atoms with Crippen molar-refractivity contribution in [3.63, 3.8) is 0 Å². The van der Waals surface area contributed by atoms with Gasteiger partial charge in [0.2, 0.25) is 0 Å². The molecular weight excluding hydrogens is 190 g/mol. The van der Waals surface area contributed by atoms with E-state index in [-0.39, 0.29) is 5.78 Å². The molecule has 1 aromatic carbocycles. The number of carbonyl (C=O) groups excluding carboxylic acids is 1. The number of hydrogen-bond acceptors (Lipinski definition) is 3. The smallest absolute Gasteiger partial charge is 0.199 e. The second-order valence-electron chi connectivity index (χ2n) is 3.39. The third-order valence-corrected chi connectivity index (χ3v) is 2.14. The number of aryl methyl sites for hydroxylation is 1. The summed E-state index contributed by atoms with van der Waals surface area (Å²) in [6.45, 7) is 3.49. The van der Waals surface area contributed by atoms with Crippen molar-refractivity contribution in [1.29, 1.82) is 0 Å². The number of aromatic nitrogens is 3. The Balaban J connectivity index is 2.49. The second kappa shape index (κ2) is 3.65. The number of carbonyl (C=O) groups is 1. The largest absolute Gasteiger partial charge is 0.291 e. The van der Waals surface area contributed by atoms with Crippen molar-refractivity contribution in [3.8, 4) is 5.69 Å². The topological polar surface area (TPSA) is 47.8 Å². The maximum absolute atomic E-state index is 11.2. The number of ketones is 1. The normalized spacial score (nSPS) is 10.3. The Bertz CT molecular complexity index is 485. The van der Waals surface area contributed by atoms with Crippen LogP contribution in [0.2, 0.25) is 0 Å². The summed E-state index contributed by atoms with van der Waals surface area (Å²) >= 11 is 0. The maximum atomic E-state index is 11.2. The summed E-state index contributed by atoms with van der Waals surface area (Å²) in [4.78, 5) is 15.2. The Kier molecular flexibility index (Phi) is 2.33. The van der Waals surface area contributed by atoms with Crippen molar-refractivity contribution in [2.24, 2.45) is 0 Å². The summed E-state index contributed by atoms with van der Waals surface area (Å²) in [7, 11) is 0. The van der Waals surface area contributed by atoms with Crippen molar-refractivity contribution in [2.75, 3.05) is 0 Å². The van der Waals surface area contributed by atoms with E-state index in [0.717, 1.165) is 5.69 Å². The molecule has 0 saturated carbocycles. The molecule has 0 saturated heterocycles. The van der Waals surface area contributed by atoms with Crippen LogP contribution in [-0.4, -0.2) is 20.5 Å². The number of benzene rings is 1. The minimum atomic E-state index is -0.0897. The molecule has 0 aliphatic rings. The van der Waals surface area contributed by atoms with E-state index in [0.29, 0.717) is 5.82 Å². The Morgan fingerprint density at radius 1 is 1.27 bits per heavy atom. The average Bonchev–Trinajstić information content (AvgIpc) is 2.67. The fourth-order valence-electron chi connectivity index (χ4n) is 1.36. The van der Waals surface area contributed by atoms with Gasteiger partial charge in [0.15, 0.2) is 11.6 Å². The molecule has 4 heteroatoms. The third-order valence-electron chi connectivity index (χ3n) is 2.14. The van der Waals surface area contributed by atoms with Gasteiger partial charge < -0.3 is 0 Å². The Hall–Kier alpha value is -1.97. The van der Waals surface area contributed by atoms with Crippen LogP contribution in [0.1, 0.15) is 23.1 Å². The third kappa shape index (κ3) is 1.79. The highest BCUT2D eigenvalue weighted by Crippen LogP contribution is 2.10. The highest BCUT2D eigenvalue weighted by atomic mass is 16.1. The van der Waals surface area contributed by atoms with Gasteiger partial charge in [-0.3, -0.25) is 4.79 Å². The lowest BCUT2D eigenvalue weighted by molar-refractivity contribution is 0.100.